The monoisotopic (exact) mass is 330 g/mol. The van der Waals surface area contributed by atoms with E-state index in [1.807, 2.05) is 37.4 Å². The summed E-state index contributed by atoms with van der Waals surface area (Å²) in [4.78, 5) is 23.5. The lowest BCUT2D eigenvalue weighted by Crippen LogP contribution is -2.44. The average Bonchev–Trinajstić information content (AvgIpc) is 2.92. The second-order valence-corrected chi connectivity index (χ2v) is 5.42. The van der Waals surface area contributed by atoms with Gasteiger partial charge in [0.1, 0.15) is 0 Å². The maximum atomic E-state index is 12.2. The number of hydrogen-bond acceptors (Lipinski definition) is 3. The van der Waals surface area contributed by atoms with Gasteiger partial charge < -0.3 is 19.7 Å². The lowest BCUT2D eigenvalue weighted by Gasteiger charge is -2.14. The number of fused-ring (bicyclic) bond motifs is 1. The molecule has 2 aromatic rings. The Kier molecular flexibility index (Phi) is 6.14. The lowest BCUT2D eigenvalue weighted by atomic mass is 10.1. The second-order valence-electron chi connectivity index (χ2n) is 5.42. The fourth-order valence-electron chi connectivity index (χ4n) is 2.59. The first-order valence-electron chi connectivity index (χ1n) is 7.84. The van der Waals surface area contributed by atoms with E-state index in [1.54, 1.807) is 0 Å². The number of carboxylic acids is 1. The van der Waals surface area contributed by atoms with Crippen molar-refractivity contribution in [3.05, 3.63) is 48.7 Å². The summed E-state index contributed by atoms with van der Waals surface area (Å²) >= 11 is 0. The van der Waals surface area contributed by atoms with Gasteiger partial charge in [-0.3, -0.25) is 4.79 Å². The lowest BCUT2D eigenvalue weighted by molar-refractivity contribution is -0.143. The molecule has 1 heterocycles. The summed E-state index contributed by atoms with van der Waals surface area (Å²) in [5.41, 5.74) is 1.94. The molecule has 1 unspecified atom stereocenters. The van der Waals surface area contributed by atoms with Gasteiger partial charge in [0.15, 0.2) is 6.04 Å². The molecule has 24 heavy (non-hydrogen) atoms. The largest absolute Gasteiger partial charge is 0.480 e. The zero-order valence-electron chi connectivity index (χ0n) is 13.7. The number of aromatic nitrogens is 1. The standard InChI is InChI=1S/C18H22N2O4/c1-3-9-24-12-15(18(22)23)19-17(21)10-13-11-20(4-2)16-8-6-5-7-14(13)16/h3,5-8,11,15H,1,4,9-10,12H2,2H3,(H,19,21)(H,22,23). The topological polar surface area (TPSA) is 80.6 Å². The van der Waals surface area contributed by atoms with Crippen LogP contribution in [-0.4, -0.2) is 40.8 Å². The molecular weight excluding hydrogens is 308 g/mol. The molecule has 128 valence electrons. The Bertz CT molecular complexity index is 736. The number of nitrogens with zero attached hydrogens (tertiary/aromatic N) is 1. The van der Waals surface area contributed by atoms with Crippen molar-refractivity contribution in [3.63, 3.8) is 0 Å². The van der Waals surface area contributed by atoms with E-state index in [1.165, 1.54) is 6.08 Å². The van der Waals surface area contributed by atoms with Gasteiger partial charge in [0.05, 0.1) is 19.6 Å². The van der Waals surface area contributed by atoms with Crippen LogP contribution in [-0.2, 0) is 27.3 Å². The zero-order valence-corrected chi connectivity index (χ0v) is 13.7. The first-order chi connectivity index (χ1) is 11.6. The SMILES string of the molecule is C=CCOCC(NC(=O)Cc1cn(CC)c2ccccc12)C(=O)O. The van der Waals surface area contributed by atoms with Crippen LogP contribution in [0, 0.1) is 0 Å². The number of ether oxygens (including phenoxy) is 1. The van der Waals surface area contributed by atoms with Crippen molar-refractivity contribution >= 4 is 22.8 Å². The first-order valence-corrected chi connectivity index (χ1v) is 7.84. The Hall–Kier alpha value is -2.60. The predicted octanol–water partition coefficient (Wildman–Crippen LogP) is 1.98. The summed E-state index contributed by atoms with van der Waals surface area (Å²) in [7, 11) is 0. The number of nitrogens with one attached hydrogen (secondary N) is 1. The summed E-state index contributed by atoms with van der Waals surface area (Å²) < 4.78 is 7.20. The highest BCUT2D eigenvalue weighted by molar-refractivity contribution is 5.91. The van der Waals surface area contributed by atoms with Crippen LogP contribution >= 0.6 is 0 Å². The van der Waals surface area contributed by atoms with Gasteiger partial charge in [0.2, 0.25) is 5.91 Å². The summed E-state index contributed by atoms with van der Waals surface area (Å²) in [5.74, 6) is -1.47. The maximum Gasteiger partial charge on any atom is 0.328 e. The Morgan fingerprint density at radius 3 is 2.83 bits per heavy atom. The van der Waals surface area contributed by atoms with E-state index in [0.29, 0.717) is 0 Å². The van der Waals surface area contributed by atoms with Crippen molar-refractivity contribution in [2.45, 2.75) is 25.9 Å². The Morgan fingerprint density at radius 1 is 1.42 bits per heavy atom. The van der Waals surface area contributed by atoms with Gasteiger partial charge in [0, 0.05) is 23.6 Å². The van der Waals surface area contributed by atoms with Gasteiger partial charge in [-0.05, 0) is 18.6 Å². The smallest absolute Gasteiger partial charge is 0.328 e. The number of aryl methyl sites for hydroxylation is 1. The van der Waals surface area contributed by atoms with Gasteiger partial charge in [0.25, 0.3) is 0 Å². The van der Waals surface area contributed by atoms with Gasteiger partial charge in [-0.15, -0.1) is 6.58 Å². The van der Waals surface area contributed by atoms with Crippen LogP contribution in [0.15, 0.2) is 43.1 Å². The normalized spacial score (nSPS) is 12.0. The van der Waals surface area contributed by atoms with E-state index in [0.717, 1.165) is 23.0 Å². The number of para-hydroxylation sites is 1. The molecule has 1 aromatic heterocycles. The van der Waals surface area contributed by atoms with Crippen LogP contribution in [0.3, 0.4) is 0 Å². The molecule has 2 N–H and O–H groups in total. The Labute approximate surface area is 140 Å². The predicted molar refractivity (Wildman–Crippen MR) is 91.9 cm³/mol. The molecule has 0 saturated heterocycles. The fourth-order valence-corrected chi connectivity index (χ4v) is 2.59. The third-order valence-corrected chi connectivity index (χ3v) is 3.72. The molecule has 1 amide bonds. The van der Waals surface area contributed by atoms with Gasteiger partial charge in [-0.2, -0.15) is 0 Å². The molecule has 1 aromatic carbocycles. The highest BCUT2D eigenvalue weighted by atomic mass is 16.5. The van der Waals surface area contributed by atoms with Crippen molar-refractivity contribution in [3.8, 4) is 0 Å². The minimum absolute atomic E-state index is 0.0934. The molecular formula is C18H22N2O4. The zero-order chi connectivity index (χ0) is 17.5. The molecule has 1 atom stereocenters. The van der Waals surface area contributed by atoms with Crippen LogP contribution in [0.25, 0.3) is 10.9 Å². The third kappa shape index (κ3) is 4.23. The van der Waals surface area contributed by atoms with Crippen LogP contribution in [0.2, 0.25) is 0 Å². The van der Waals surface area contributed by atoms with Crippen LogP contribution < -0.4 is 5.32 Å². The van der Waals surface area contributed by atoms with Crippen molar-refractivity contribution in [1.29, 1.82) is 0 Å². The maximum absolute atomic E-state index is 12.2. The fraction of sp³-hybridized carbons (Fsp3) is 0.333. The van der Waals surface area contributed by atoms with Crippen molar-refractivity contribution in [2.24, 2.45) is 0 Å². The first kappa shape index (κ1) is 17.7. The van der Waals surface area contributed by atoms with Gasteiger partial charge in [-0.1, -0.05) is 24.3 Å². The quantitative estimate of drug-likeness (QED) is 0.544. The molecule has 6 nitrogen and oxygen atoms in total. The van der Waals surface area contributed by atoms with Crippen molar-refractivity contribution < 1.29 is 19.4 Å². The van der Waals surface area contributed by atoms with Gasteiger partial charge in [-0.25, -0.2) is 4.79 Å². The number of carbonyl (C=O) groups excluding carboxylic acids is 1. The number of benzene rings is 1. The molecule has 2 rings (SSSR count). The van der Waals surface area contributed by atoms with E-state index < -0.39 is 12.0 Å². The molecule has 0 aliphatic carbocycles. The van der Waals surface area contributed by atoms with Crippen LogP contribution in [0.4, 0.5) is 0 Å². The van der Waals surface area contributed by atoms with E-state index in [2.05, 4.69) is 16.5 Å². The minimum Gasteiger partial charge on any atom is -0.480 e. The molecule has 0 bridgehead atoms. The Morgan fingerprint density at radius 2 is 2.17 bits per heavy atom. The van der Waals surface area contributed by atoms with Crippen LogP contribution in [0.5, 0.6) is 0 Å². The molecule has 0 spiro atoms. The highest BCUT2D eigenvalue weighted by Gasteiger charge is 2.21. The highest BCUT2D eigenvalue weighted by Crippen LogP contribution is 2.21. The third-order valence-electron chi connectivity index (χ3n) is 3.72. The number of rotatable bonds is 9. The Balaban J connectivity index is 2.08. The number of hydrogen-bond donors (Lipinski definition) is 2. The second kappa shape index (κ2) is 8.31. The van der Waals surface area contributed by atoms with Crippen molar-refractivity contribution in [2.75, 3.05) is 13.2 Å². The van der Waals surface area contributed by atoms with Crippen LogP contribution in [0.1, 0.15) is 12.5 Å². The molecule has 0 aliphatic heterocycles. The summed E-state index contributed by atoms with van der Waals surface area (Å²) in [5, 5.41) is 12.7. The molecule has 0 saturated carbocycles. The van der Waals surface area contributed by atoms with E-state index in [-0.39, 0.29) is 25.5 Å². The molecule has 0 aliphatic rings. The van der Waals surface area contributed by atoms with E-state index in [9.17, 15) is 14.7 Å². The molecule has 0 fully saturated rings. The summed E-state index contributed by atoms with van der Waals surface area (Å²) in [6.07, 6.45) is 3.59. The van der Waals surface area contributed by atoms with E-state index >= 15 is 0 Å². The molecule has 0 radical (unpaired) electrons. The number of amides is 1. The number of carbonyl (C=O) groups is 2. The average molecular weight is 330 g/mol. The minimum atomic E-state index is -1.12. The van der Waals surface area contributed by atoms with E-state index in [4.69, 9.17) is 4.74 Å². The summed E-state index contributed by atoms with van der Waals surface area (Å²) in [6, 6.07) is 6.77. The summed E-state index contributed by atoms with van der Waals surface area (Å²) in [6.45, 7) is 6.48. The molecule has 6 heteroatoms. The van der Waals surface area contributed by atoms with Crippen molar-refractivity contribution in [1.82, 2.24) is 9.88 Å². The number of carboxylic acid groups (broad SMARTS) is 1. The number of aliphatic carboxylic acids is 1. The van der Waals surface area contributed by atoms with Gasteiger partial charge >= 0.3 is 5.97 Å².